The molecule has 106 valence electrons. The summed E-state index contributed by atoms with van der Waals surface area (Å²) >= 11 is 0. The number of rotatable bonds is 5. The van der Waals surface area contributed by atoms with Gasteiger partial charge in [0.2, 0.25) is 0 Å². The van der Waals surface area contributed by atoms with E-state index < -0.39 is 16.0 Å². The number of aromatic nitrogens is 3. The van der Waals surface area contributed by atoms with E-state index >= 15 is 0 Å². The zero-order valence-electron chi connectivity index (χ0n) is 10.5. The van der Waals surface area contributed by atoms with Gasteiger partial charge in [-0.15, -0.1) is 0 Å². The third-order valence-corrected chi connectivity index (χ3v) is 3.76. The smallest absolute Gasteiger partial charge is 0.354 e. The van der Waals surface area contributed by atoms with Gasteiger partial charge in [-0.1, -0.05) is 6.92 Å². The number of imidazole rings is 1. The highest BCUT2D eigenvalue weighted by Crippen LogP contribution is 2.14. The minimum atomic E-state index is -3.79. The fourth-order valence-electron chi connectivity index (χ4n) is 1.45. The molecule has 2 aromatic heterocycles. The Balaban J connectivity index is 2.21. The summed E-state index contributed by atoms with van der Waals surface area (Å²) in [7, 11) is -3.79. The summed E-state index contributed by atoms with van der Waals surface area (Å²) in [5.74, 6) is -0.620. The number of pyridine rings is 1. The van der Waals surface area contributed by atoms with Crippen molar-refractivity contribution in [3.63, 3.8) is 0 Å². The molecule has 3 N–H and O–H groups in total. The molecule has 0 aliphatic heterocycles. The summed E-state index contributed by atoms with van der Waals surface area (Å²) in [5, 5.41) is 8.64. The molecule has 20 heavy (non-hydrogen) atoms. The molecule has 0 atom stereocenters. The predicted octanol–water partition coefficient (Wildman–Crippen LogP) is 0.866. The fourth-order valence-corrected chi connectivity index (χ4v) is 2.44. The number of aromatic carboxylic acids is 1. The Labute approximate surface area is 114 Å². The van der Waals surface area contributed by atoms with Crippen molar-refractivity contribution < 1.29 is 18.3 Å². The summed E-state index contributed by atoms with van der Waals surface area (Å²) in [4.78, 5) is 20.9. The molecule has 2 aromatic rings. The van der Waals surface area contributed by atoms with E-state index in [-0.39, 0.29) is 16.4 Å². The van der Waals surface area contributed by atoms with Crippen molar-refractivity contribution in [1.82, 2.24) is 15.0 Å². The number of carboxylic acid groups (broad SMARTS) is 1. The molecule has 0 aliphatic rings. The topological polar surface area (TPSA) is 125 Å². The number of aryl methyl sites for hydroxylation is 1. The summed E-state index contributed by atoms with van der Waals surface area (Å²) in [6.45, 7) is 1.84. The molecule has 0 fully saturated rings. The maximum atomic E-state index is 12.0. The highest BCUT2D eigenvalue weighted by atomic mass is 32.2. The number of carboxylic acids is 1. The molecule has 0 spiro atoms. The molecular weight excluding hydrogens is 284 g/mol. The lowest BCUT2D eigenvalue weighted by molar-refractivity contribution is 0.0690. The second kappa shape index (κ2) is 5.29. The van der Waals surface area contributed by atoms with Crippen molar-refractivity contribution in [3.05, 3.63) is 36.0 Å². The molecule has 0 unspecified atom stereocenters. The van der Waals surface area contributed by atoms with Gasteiger partial charge >= 0.3 is 5.97 Å². The van der Waals surface area contributed by atoms with Crippen LogP contribution in [0.15, 0.2) is 29.6 Å². The van der Waals surface area contributed by atoms with E-state index in [0.29, 0.717) is 12.2 Å². The first-order valence-corrected chi connectivity index (χ1v) is 7.16. The number of aromatic amines is 1. The van der Waals surface area contributed by atoms with Crippen LogP contribution in [0.25, 0.3) is 0 Å². The third kappa shape index (κ3) is 2.94. The van der Waals surface area contributed by atoms with Crippen molar-refractivity contribution in [2.45, 2.75) is 18.4 Å². The summed E-state index contributed by atoms with van der Waals surface area (Å²) in [6, 6.07) is 2.54. The van der Waals surface area contributed by atoms with E-state index in [1.54, 1.807) is 0 Å². The van der Waals surface area contributed by atoms with E-state index in [2.05, 4.69) is 19.7 Å². The minimum Gasteiger partial charge on any atom is -0.477 e. The Hall–Kier alpha value is -2.42. The highest BCUT2D eigenvalue weighted by molar-refractivity contribution is 7.92. The van der Waals surface area contributed by atoms with E-state index in [4.69, 9.17) is 5.11 Å². The quantitative estimate of drug-likeness (QED) is 0.751. The van der Waals surface area contributed by atoms with Gasteiger partial charge in [-0.2, -0.15) is 8.42 Å². The first kappa shape index (κ1) is 14.0. The number of sulfonamides is 1. The van der Waals surface area contributed by atoms with Crippen molar-refractivity contribution in [2.75, 3.05) is 4.72 Å². The molecule has 2 heterocycles. The van der Waals surface area contributed by atoms with E-state index in [0.717, 1.165) is 6.20 Å². The zero-order chi connectivity index (χ0) is 14.8. The van der Waals surface area contributed by atoms with Crippen LogP contribution in [-0.2, 0) is 16.4 Å². The number of H-pyrrole nitrogens is 1. The Bertz CT molecular complexity index is 721. The lowest BCUT2D eigenvalue weighted by atomic mass is 10.3. The van der Waals surface area contributed by atoms with Crippen LogP contribution in [0.4, 0.5) is 5.69 Å². The van der Waals surface area contributed by atoms with Gasteiger partial charge in [0.25, 0.3) is 10.0 Å². The molecule has 0 bridgehead atoms. The third-order valence-electron chi connectivity index (χ3n) is 2.46. The number of nitrogens with zero attached hydrogens (tertiary/aromatic N) is 2. The molecule has 0 saturated carbocycles. The SMILES string of the molecule is CCc1ncc(S(=O)(=O)Nc2ccc(C(=O)O)nc2)[nH]1. The monoisotopic (exact) mass is 296 g/mol. The lowest BCUT2D eigenvalue weighted by Crippen LogP contribution is -2.14. The maximum Gasteiger partial charge on any atom is 0.354 e. The number of anilines is 1. The van der Waals surface area contributed by atoms with Gasteiger partial charge in [-0.05, 0) is 12.1 Å². The molecule has 0 aromatic carbocycles. The molecule has 9 heteroatoms. The minimum absolute atomic E-state index is 0.0586. The van der Waals surface area contributed by atoms with Gasteiger partial charge in [0.1, 0.15) is 11.5 Å². The zero-order valence-corrected chi connectivity index (χ0v) is 11.3. The largest absolute Gasteiger partial charge is 0.477 e. The Morgan fingerprint density at radius 1 is 1.35 bits per heavy atom. The van der Waals surface area contributed by atoms with Crippen molar-refractivity contribution in [3.8, 4) is 0 Å². The molecule has 2 rings (SSSR count). The molecule has 8 nitrogen and oxygen atoms in total. The number of nitrogens with one attached hydrogen (secondary N) is 2. The van der Waals surface area contributed by atoms with Gasteiger partial charge in [-0.3, -0.25) is 4.72 Å². The van der Waals surface area contributed by atoms with Gasteiger partial charge in [0.05, 0.1) is 18.1 Å². The van der Waals surface area contributed by atoms with Crippen LogP contribution in [0.2, 0.25) is 0 Å². The average molecular weight is 296 g/mol. The molecule has 0 saturated heterocycles. The standard InChI is InChI=1S/C11H12N4O4S/c1-2-9-13-6-10(14-9)20(18,19)15-7-3-4-8(11(16)17)12-5-7/h3-6,15H,2H2,1H3,(H,13,14)(H,16,17). The Morgan fingerprint density at radius 3 is 2.60 bits per heavy atom. The number of hydrogen-bond acceptors (Lipinski definition) is 5. The van der Waals surface area contributed by atoms with Crippen molar-refractivity contribution >= 4 is 21.7 Å². The summed E-state index contributed by atoms with van der Waals surface area (Å²) in [5.41, 5.74) is 0.00501. The number of carbonyl (C=O) groups is 1. The normalized spacial score (nSPS) is 11.2. The first-order chi connectivity index (χ1) is 9.42. The fraction of sp³-hybridized carbons (Fsp3) is 0.182. The van der Waals surface area contributed by atoms with Crippen molar-refractivity contribution in [2.24, 2.45) is 0 Å². The van der Waals surface area contributed by atoms with Gasteiger partial charge in [0.15, 0.2) is 5.03 Å². The summed E-state index contributed by atoms with van der Waals surface area (Å²) < 4.78 is 26.3. The molecule has 0 amide bonds. The Morgan fingerprint density at radius 2 is 2.10 bits per heavy atom. The van der Waals surface area contributed by atoms with E-state index in [1.165, 1.54) is 18.3 Å². The van der Waals surface area contributed by atoms with Gasteiger partial charge < -0.3 is 10.1 Å². The van der Waals surface area contributed by atoms with Gasteiger partial charge in [0, 0.05) is 6.42 Å². The molecular formula is C11H12N4O4S. The van der Waals surface area contributed by atoms with E-state index in [9.17, 15) is 13.2 Å². The number of hydrogen-bond donors (Lipinski definition) is 3. The van der Waals surface area contributed by atoms with Crippen LogP contribution < -0.4 is 4.72 Å². The highest BCUT2D eigenvalue weighted by Gasteiger charge is 2.17. The van der Waals surface area contributed by atoms with Crippen LogP contribution >= 0.6 is 0 Å². The van der Waals surface area contributed by atoms with Crippen LogP contribution in [0.5, 0.6) is 0 Å². The van der Waals surface area contributed by atoms with Crippen LogP contribution in [0.3, 0.4) is 0 Å². The van der Waals surface area contributed by atoms with Gasteiger partial charge in [-0.25, -0.2) is 14.8 Å². The van der Waals surface area contributed by atoms with Crippen LogP contribution in [0.1, 0.15) is 23.2 Å². The van der Waals surface area contributed by atoms with Crippen LogP contribution in [0, 0.1) is 0 Å². The van der Waals surface area contributed by atoms with Crippen LogP contribution in [-0.4, -0.2) is 34.4 Å². The molecule has 0 aliphatic carbocycles. The molecule has 0 radical (unpaired) electrons. The summed E-state index contributed by atoms with van der Waals surface area (Å²) in [6.07, 6.45) is 2.95. The Kier molecular flexibility index (Phi) is 3.70. The second-order valence-electron chi connectivity index (χ2n) is 3.89. The average Bonchev–Trinajstić information content (AvgIpc) is 2.88. The van der Waals surface area contributed by atoms with E-state index in [1.807, 2.05) is 6.92 Å². The first-order valence-electron chi connectivity index (χ1n) is 5.68. The lowest BCUT2D eigenvalue weighted by Gasteiger charge is -2.05. The van der Waals surface area contributed by atoms with Crippen molar-refractivity contribution in [1.29, 1.82) is 0 Å². The predicted molar refractivity (Wildman–Crippen MR) is 70.0 cm³/mol. The second-order valence-corrected chi connectivity index (χ2v) is 5.54. The maximum absolute atomic E-state index is 12.0.